The third-order valence-electron chi connectivity index (χ3n) is 3.89. The largest absolute Gasteiger partial charge is 0.378 e. The zero-order valence-electron chi connectivity index (χ0n) is 10.9. The first-order chi connectivity index (χ1) is 9.36. The van der Waals surface area contributed by atoms with Crippen molar-refractivity contribution >= 4 is 5.82 Å². The summed E-state index contributed by atoms with van der Waals surface area (Å²) in [7, 11) is 0. The summed E-state index contributed by atoms with van der Waals surface area (Å²) in [4.78, 5) is 6.77. The fraction of sp³-hybridized carbons (Fsp3) is 0.571. The fourth-order valence-electron chi connectivity index (χ4n) is 2.85. The van der Waals surface area contributed by atoms with Crippen molar-refractivity contribution in [3.63, 3.8) is 0 Å². The van der Waals surface area contributed by atoms with Gasteiger partial charge >= 0.3 is 0 Å². The van der Waals surface area contributed by atoms with E-state index in [4.69, 9.17) is 10.00 Å². The van der Waals surface area contributed by atoms with Crippen molar-refractivity contribution in [2.24, 2.45) is 0 Å². The van der Waals surface area contributed by atoms with Crippen LogP contribution in [0.5, 0.6) is 0 Å². The van der Waals surface area contributed by atoms with E-state index < -0.39 is 0 Å². The molecule has 5 nitrogen and oxygen atoms in total. The van der Waals surface area contributed by atoms with Crippen molar-refractivity contribution in [1.29, 1.82) is 5.26 Å². The molecule has 1 aromatic heterocycles. The molecule has 2 unspecified atom stereocenters. The molecule has 1 aromatic rings. The van der Waals surface area contributed by atoms with Crippen LogP contribution in [-0.4, -0.2) is 48.3 Å². The highest BCUT2D eigenvalue weighted by Crippen LogP contribution is 2.21. The van der Waals surface area contributed by atoms with Crippen LogP contribution in [0.2, 0.25) is 0 Å². The Morgan fingerprint density at radius 1 is 1.32 bits per heavy atom. The molecule has 0 amide bonds. The van der Waals surface area contributed by atoms with Crippen molar-refractivity contribution in [3.05, 3.63) is 23.9 Å². The third kappa shape index (κ3) is 2.70. The lowest BCUT2D eigenvalue weighted by molar-refractivity contribution is 0.159. The van der Waals surface area contributed by atoms with Crippen LogP contribution in [0.25, 0.3) is 0 Å². The minimum absolute atomic E-state index is 0.290. The Kier molecular flexibility index (Phi) is 3.62. The first-order valence-electron chi connectivity index (χ1n) is 6.81. The Morgan fingerprint density at radius 3 is 2.84 bits per heavy atom. The quantitative estimate of drug-likeness (QED) is 0.883. The van der Waals surface area contributed by atoms with Crippen molar-refractivity contribution in [3.8, 4) is 6.07 Å². The number of ether oxygens (including phenoxy) is 1. The molecule has 2 aliphatic heterocycles. The van der Waals surface area contributed by atoms with E-state index >= 15 is 0 Å². The molecule has 0 aliphatic carbocycles. The van der Waals surface area contributed by atoms with Gasteiger partial charge in [0.15, 0.2) is 0 Å². The molecule has 2 fully saturated rings. The summed E-state index contributed by atoms with van der Waals surface area (Å²) in [6, 6.07) is 6.46. The van der Waals surface area contributed by atoms with Crippen molar-refractivity contribution < 1.29 is 4.74 Å². The van der Waals surface area contributed by atoms with Gasteiger partial charge in [-0.3, -0.25) is 4.90 Å². The van der Waals surface area contributed by atoms with E-state index in [0.717, 1.165) is 19.0 Å². The monoisotopic (exact) mass is 258 g/mol. The summed E-state index contributed by atoms with van der Waals surface area (Å²) < 4.78 is 5.61. The molecule has 2 aliphatic rings. The number of likely N-dealkylation sites (tertiary alicyclic amines) is 1. The molecule has 3 rings (SSSR count). The van der Waals surface area contributed by atoms with Gasteiger partial charge in [0.25, 0.3) is 0 Å². The van der Waals surface area contributed by atoms with Crippen molar-refractivity contribution in [2.45, 2.75) is 24.9 Å². The first kappa shape index (κ1) is 12.4. The Bertz CT molecular complexity index is 461. The Morgan fingerprint density at radius 2 is 2.16 bits per heavy atom. The lowest BCUT2D eigenvalue weighted by Crippen LogP contribution is -2.45. The molecule has 0 bridgehead atoms. The summed E-state index contributed by atoms with van der Waals surface area (Å²) in [6.45, 7) is 3.87. The zero-order valence-corrected chi connectivity index (χ0v) is 10.9. The summed E-state index contributed by atoms with van der Waals surface area (Å²) >= 11 is 0. The second-order valence-electron chi connectivity index (χ2n) is 5.14. The first-order valence-corrected chi connectivity index (χ1v) is 6.81. The smallest absolute Gasteiger partial charge is 0.126 e. The minimum Gasteiger partial charge on any atom is -0.378 e. The van der Waals surface area contributed by atoms with Crippen LogP contribution in [0.15, 0.2) is 18.3 Å². The maximum Gasteiger partial charge on any atom is 0.126 e. The standard InChI is InChI=1S/C14H18N4O/c15-7-11-3-4-14(16-8-11)17-12-9-19-10-13(12)18-5-1-2-6-18/h3-4,8,12-13H,1-2,5-6,9-10H2,(H,16,17). The Labute approximate surface area is 113 Å². The number of nitriles is 1. The van der Waals surface area contributed by atoms with Gasteiger partial charge in [-0.1, -0.05) is 0 Å². The van der Waals surface area contributed by atoms with Crippen LogP contribution in [0.4, 0.5) is 5.82 Å². The van der Waals surface area contributed by atoms with E-state index in [2.05, 4.69) is 21.3 Å². The number of pyridine rings is 1. The van der Waals surface area contributed by atoms with E-state index in [1.807, 2.05) is 6.07 Å². The number of nitrogens with one attached hydrogen (secondary N) is 1. The van der Waals surface area contributed by atoms with Crippen LogP contribution in [-0.2, 0) is 4.74 Å². The predicted octanol–water partition coefficient (Wildman–Crippen LogP) is 1.23. The topological polar surface area (TPSA) is 61.2 Å². The molecular formula is C14H18N4O. The van der Waals surface area contributed by atoms with Gasteiger partial charge in [0.1, 0.15) is 11.9 Å². The van der Waals surface area contributed by atoms with E-state index in [0.29, 0.717) is 17.6 Å². The molecular weight excluding hydrogens is 240 g/mol. The molecule has 1 N–H and O–H groups in total. The highest BCUT2D eigenvalue weighted by Gasteiger charge is 2.34. The van der Waals surface area contributed by atoms with E-state index in [9.17, 15) is 0 Å². The second kappa shape index (κ2) is 5.55. The van der Waals surface area contributed by atoms with Gasteiger partial charge in [-0.15, -0.1) is 0 Å². The minimum atomic E-state index is 0.290. The van der Waals surface area contributed by atoms with Crippen molar-refractivity contribution in [2.75, 3.05) is 31.6 Å². The normalized spacial score (nSPS) is 27.3. The number of nitrogens with zero attached hydrogens (tertiary/aromatic N) is 3. The van der Waals surface area contributed by atoms with Crippen LogP contribution >= 0.6 is 0 Å². The highest BCUT2D eigenvalue weighted by atomic mass is 16.5. The summed E-state index contributed by atoms with van der Waals surface area (Å²) in [5.74, 6) is 0.818. The van der Waals surface area contributed by atoms with Gasteiger partial charge in [0, 0.05) is 6.20 Å². The van der Waals surface area contributed by atoms with Crippen LogP contribution in [0.1, 0.15) is 18.4 Å². The molecule has 2 atom stereocenters. The highest BCUT2D eigenvalue weighted by molar-refractivity contribution is 5.40. The molecule has 19 heavy (non-hydrogen) atoms. The van der Waals surface area contributed by atoms with Gasteiger partial charge < -0.3 is 10.1 Å². The van der Waals surface area contributed by atoms with Gasteiger partial charge in [-0.2, -0.15) is 5.26 Å². The summed E-state index contributed by atoms with van der Waals surface area (Å²) in [6.07, 6.45) is 4.18. The lowest BCUT2D eigenvalue weighted by Gasteiger charge is -2.28. The molecule has 0 saturated carbocycles. The Balaban J connectivity index is 1.65. The average Bonchev–Trinajstić information content (AvgIpc) is 3.10. The third-order valence-corrected chi connectivity index (χ3v) is 3.89. The van der Waals surface area contributed by atoms with E-state index in [1.54, 1.807) is 12.3 Å². The Hall–Kier alpha value is -1.64. The maximum atomic E-state index is 8.76. The van der Waals surface area contributed by atoms with Crippen LogP contribution in [0.3, 0.4) is 0 Å². The van der Waals surface area contributed by atoms with Crippen LogP contribution < -0.4 is 5.32 Å². The maximum absolute atomic E-state index is 8.76. The molecule has 0 aromatic carbocycles. The van der Waals surface area contributed by atoms with Gasteiger partial charge in [0.2, 0.25) is 0 Å². The molecule has 0 radical (unpaired) electrons. The summed E-state index contributed by atoms with van der Waals surface area (Å²) in [5.41, 5.74) is 0.587. The average molecular weight is 258 g/mol. The number of aromatic nitrogens is 1. The molecule has 100 valence electrons. The van der Waals surface area contributed by atoms with E-state index in [1.165, 1.54) is 25.9 Å². The van der Waals surface area contributed by atoms with Crippen LogP contribution in [0, 0.1) is 11.3 Å². The predicted molar refractivity (Wildman–Crippen MR) is 71.8 cm³/mol. The number of anilines is 1. The molecule has 0 spiro atoms. The molecule has 2 saturated heterocycles. The van der Waals surface area contributed by atoms with Crippen molar-refractivity contribution in [1.82, 2.24) is 9.88 Å². The zero-order chi connectivity index (χ0) is 13.1. The number of rotatable bonds is 3. The number of hydrogen-bond acceptors (Lipinski definition) is 5. The SMILES string of the molecule is N#Cc1ccc(NC2COCC2N2CCCC2)nc1. The second-order valence-corrected chi connectivity index (χ2v) is 5.14. The van der Waals surface area contributed by atoms with E-state index in [-0.39, 0.29) is 0 Å². The van der Waals surface area contributed by atoms with Gasteiger partial charge in [-0.05, 0) is 38.1 Å². The van der Waals surface area contributed by atoms with Gasteiger partial charge in [0.05, 0.1) is 30.9 Å². The molecule has 3 heterocycles. The molecule has 5 heteroatoms. The fourth-order valence-corrected chi connectivity index (χ4v) is 2.85. The number of hydrogen-bond donors (Lipinski definition) is 1. The van der Waals surface area contributed by atoms with Gasteiger partial charge in [-0.25, -0.2) is 4.98 Å². The lowest BCUT2D eigenvalue weighted by atomic mass is 10.1. The summed E-state index contributed by atoms with van der Waals surface area (Å²) in [5, 5.41) is 12.2.